The summed E-state index contributed by atoms with van der Waals surface area (Å²) in [5, 5.41) is 18.4. The molecule has 0 spiro atoms. The van der Waals surface area contributed by atoms with Crippen LogP contribution in [0.2, 0.25) is 0 Å². The maximum absolute atomic E-state index is 10.5. The van der Waals surface area contributed by atoms with Gasteiger partial charge in [0.15, 0.2) is 5.96 Å². The van der Waals surface area contributed by atoms with Crippen LogP contribution in [0.4, 0.5) is 0 Å². The number of piperidine rings is 1. The molecule has 1 aromatic heterocycles. The van der Waals surface area contributed by atoms with Crippen molar-refractivity contribution in [1.82, 2.24) is 15.5 Å². The van der Waals surface area contributed by atoms with Crippen molar-refractivity contribution in [1.29, 1.82) is 0 Å². The molecule has 148 valence electrons. The SMILES string of the molecule is CCNC(=NCC(O)c1cc2ccccc2s1)NCCC1CCN(C)CC1. The summed E-state index contributed by atoms with van der Waals surface area (Å²) < 4.78 is 1.21. The number of aliphatic imine (C=N–C) groups is 1. The lowest BCUT2D eigenvalue weighted by molar-refractivity contribution is 0.191. The van der Waals surface area contributed by atoms with E-state index in [0.29, 0.717) is 6.54 Å². The average molecular weight is 389 g/mol. The largest absolute Gasteiger partial charge is 0.386 e. The molecule has 3 N–H and O–H groups in total. The number of thiophene rings is 1. The lowest BCUT2D eigenvalue weighted by Crippen LogP contribution is -2.39. The van der Waals surface area contributed by atoms with Crippen LogP contribution < -0.4 is 10.6 Å². The molecule has 1 saturated heterocycles. The second-order valence-electron chi connectivity index (χ2n) is 7.38. The lowest BCUT2D eigenvalue weighted by atomic mass is 9.94. The Bertz CT molecular complexity index is 704. The van der Waals surface area contributed by atoms with Gasteiger partial charge < -0.3 is 20.6 Å². The molecule has 2 aromatic rings. The standard InChI is InChI=1S/C21H32N4OS/c1-3-22-21(23-11-8-16-9-12-25(2)13-10-16)24-15-18(26)20-14-17-6-4-5-7-19(17)27-20/h4-7,14,16,18,26H,3,8-13,15H2,1-2H3,(H2,22,23,24). The van der Waals surface area contributed by atoms with Crippen molar-refractivity contribution in [3.8, 4) is 0 Å². The second kappa shape index (κ2) is 10.1. The molecule has 1 fully saturated rings. The van der Waals surface area contributed by atoms with Gasteiger partial charge in [-0.3, -0.25) is 4.99 Å². The number of hydrogen-bond donors (Lipinski definition) is 3. The van der Waals surface area contributed by atoms with E-state index < -0.39 is 6.10 Å². The Morgan fingerprint density at radius 3 is 2.81 bits per heavy atom. The molecule has 27 heavy (non-hydrogen) atoms. The van der Waals surface area contributed by atoms with Crippen LogP contribution in [0.1, 0.15) is 37.2 Å². The van der Waals surface area contributed by atoms with Crippen LogP contribution in [0, 0.1) is 5.92 Å². The summed E-state index contributed by atoms with van der Waals surface area (Å²) in [7, 11) is 2.20. The molecule has 1 aliphatic heterocycles. The van der Waals surface area contributed by atoms with E-state index in [1.807, 2.05) is 12.1 Å². The minimum atomic E-state index is -0.563. The van der Waals surface area contributed by atoms with E-state index in [0.717, 1.165) is 29.8 Å². The molecule has 0 saturated carbocycles. The predicted octanol–water partition coefficient (Wildman–Crippen LogP) is 3.22. The molecule has 6 heteroatoms. The number of likely N-dealkylation sites (tertiary alicyclic amines) is 1. The molecule has 3 rings (SSSR count). The first-order valence-electron chi connectivity index (χ1n) is 10.0. The number of guanidine groups is 1. The Labute approximate surface area is 166 Å². The van der Waals surface area contributed by atoms with Gasteiger partial charge >= 0.3 is 0 Å². The molecule has 0 bridgehead atoms. The van der Waals surface area contributed by atoms with E-state index >= 15 is 0 Å². The van der Waals surface area contributed by atoms with Crippen LogP contribution in [0.3, 0.4) is 0 Å². The number of fused-ring (bicyclic) bond motifs is 1. The second-order valence-corrected chi connectivity index (χ2v) is 8.50. The summed E-state index contributed by atoms with van der Waals surface area (Å²) in [5.41, 5.74) is 0. The van der Waals surface area contributed by atoms with E-state index in [2.05, 4.69) is 52.7 Å². The summed E-state index contributed by atoms with van der Waals surface area (Å²) in [5.74, 6) is 1.60. The molecule has 1 atom stereocenters. The molecule has 1 aromatic carbocycles. The molecule has 5 nitrogen and oxygen atoms in total. The monoisotopic (exact) mass is 388 g/mol. The quantitative estimate of drug-likeness (QED) is 0.503. The number of nitrogens with zero attached hydrogens (tertiary/aromatic N) is 2. The lowest BCUT2D eigenvalue weighted by Gasteiger charge is -2.29. The number of aliphatic hydroxyl groups is 1. The molecule has 1 aliphatic rings. The highest BCUT2D eigenvalue weighted by Gasteiger charge is 2.16. The maximum atomic E-state index is 10.5. The molecule has 2 heterocycles. The van der Waals surface area contributed by atoms with Crippen molar-refractivity contribution in [3.05, 3.63) is 35.2 Å². The van der Waals surface area contributed by atoms with Gasteiger partial charge in [0.05, 0.1) is 6.54 Å². The Morgan fingerprint density at radius 1 is 1.30 bits per heavy atom. The van der Waals surface area contributed by atoms with Crippen LogP contribution in [-0.2, 0) is 0 Å². The molecule has 0 aliphatic carbocycles. The van der Waals surface area contributed by atoms with Crippen molar-refractivity contribution < 1.29 is 5.11 Å². The van der Waals surface area contributed by atoms with Gasteiger partial charge in [0, 0.05) is 22.7 Å². The van der Waals surface area contributed by atoms with Gasteiger partial charge in [-0.05, 0) is 69.8 Å². The summed E-state index contributed by atoms with van der Waals surface area (Å²) in [6.45, 7) is 6.60. The van der Waals surface area contributed by atoms with E-state index in [4.69, 9.17) is 0 Å². The highest BCUT2D eigenvalue weighted by molar-refractivity contribution is 7.19. The van der Waals surface area contributed by atoms with Crippen LogP contribution in [0.5, 0.6) is 0 Å². The zero-order chi connectivity index (χ0) is 19.1. The highest BCUT2D eigenvalue weighted by Crippen LogP contribution is 2.29. The average Bonchev–Trinajstić information content (AvgIpc) is 3.12. The van der Waals surface area contributed by atoms with E-state index in [1.54, 1.807) is 11.3 Å². The van der Waals surface area contributed by atoms with Gasteiger partial charge in [-0.1, -0.05) is 18.2 Å². The molecular formula is C21H32N4OS. The van der Waals surface area contributed by atoms with Crippen molar-refractivity contribution in [2.24, 2.45) is 10.9 Å². The fourth-order valence-corrected chi connectivity index (χ4v) is 4.56. The van der Waals surface area contributed by atoms with E-state index in [-0.39, 0.29) is 0 Å². The number of rotatable bonds is 7. The number of hydrogen-bond acceptors (Lipinski definition) is 4. The van der Waals surface area contributed by atoms with Crippen LogP contribution >= 0.6 is 11.3 Å². The molecule has 0 radical (unpaired) electrons. The van der Waals surface area contributed by atoms with Gasteiger partial charge in [0.2, 0.25) is 0 Å². The van der Waals surface area contributed by atoms with E-state index in [9.17, 15) is 5.11 Å². The normalized spacial score (nSPS) is 18.0. The van der Waals surface area contributed by atoms with Gasteiger partial charge in [0.1, 0.15) is 6.10 Å². The fourth-order valence-electron chi connectivity index (χ4n) is 3.52. The van der Waals surface area contributed by atoms with Gasteiger partial charge in [0.25, 0.3) is 0 Å². The topological polar surface area (TPSA) is 59.9 Å². The van der Waals surface area contributed by atoms with Crippen molar-refractivity contribution >= 4 is 27.4 Å². The Balaban J connectivity index is 1.50. The summed E-state index contributed by atoms with van der Waals surface area (Å²) in [4.78, 5) is 7.98. The Kier molecular flexibility index (Phi) is 7.50. The third-order valence-corrected chi connectivity index (χ3v) is 6.44. The van der Waals surface area contributed by atoms with Crippen molar-refractivity contribution in [2.45, 2.75) is 32.3 Å². The van der Waals surface area contributed by atoms with Gasteiger partial charge in [-0.2, -0.15) is 0 Å². The van der Waals surface area contributed by atoms with E-state index in [1.165, 1.54) is 42.4 Å². The smallest absolute Gasteiger partial charge is 0.191 e. The van der Waals surface area contributed by atoms with Crippen LogP contribution in [-0.4, -0.2) is 55.7 Å². The highest BCUT2D eigenvalue weighted by atomic mass is 32.1. The summed E-state index contributed by atoms with van der Waals surface area (Å²) in [6.07, 6.45) is 3.19. The van der Waals surface area contributed by atoms with Crippen molar-refractivity contribution in [2.75, 3.05) is 39.8 Å². The minimum Gasteiger partial charge on any atom is -0.386 e. The number of benzene rings is 1. The molecular weight excluding hydrogens is 356 g/mol. The zero-order valence-electron chi connectivity index (χ0n) is 16.4. The van der Waals surface area contributed by atoms with Gasteiger partial charge in [-0.25, -0.2) is 0 Å². The molecule has 0 amide bonds. The number of nitrogens with one attached hydrogen (secondary N) is 2. The third-order valence-electron chi connectivity index (χ3n) is 5.22. The fraction of sp³-hybridized carbons (Fsp3) is 0.571. The Morgan fingerprint density at radius 2 is 2.07 bits per heavy atom. The molecule has 1 unspecified atom stereocenters. The Hall–Kier alpha value is -1.63. The third kappa shape index (κ3) is 5.92. The van der Waals surface area contributed by atoms with Crippen molar-refractivity contribution in [3.63, 3.8) is 0 Å². The minimum absolute atomic E-state index is 0.371. The zero-order valence-corrected chi connectivity index (χ0v) is 17.3. The summed E-state index contributed by atoms with van der Waals surface area (Å²) in [6, 6.07) is 10.3. The summed E-state index contributed by atoms with van der Waals surface area (Å²) >= 11 is 1.64. The van der Waals surface area contributed by atoms with Gasteiger partial charge in [-0.15, -0.1) is 11.3 Å². The van der Waals surface area contributed by atoms with Crippen LogP contribution in [0.25, 0.3) is 10.1 Å². The van der Waals surface area contributed by atoms with Crippen LogP contribution in [0.15, 0.2) is 35.3 Å². The first-order valence-corrected chi connectivity index (χ1v) is 10.8. The number of aliphatic hydroxyl groups excluding tert-OH is 1. The first-order chi connectivity index (χ1) is 13.2. The first kappa shape index (κ1) is 20.1. The maximum Gasteiger partial charge on any atom is 0.191 e. The predicted molar refractivity (Wildman–Crippen MR) is 116 cm³/mol.